The van der Waals surface area contributed by atoms with Crippen LogP contribution in [-0.4, -0.2) is 16.1 Å². The fraction of sp³-hybridized carbons (Fsp3) is 0.111. The summed E-state index contributed by atoms with van der Waals surface area (Å²) in [6, 6.07) is 5.31. The van der Waals surface area contributed by atoms with Crippen LogP contribution in [0, 0.1) is 0 Å². The fourth-order valence-corrected chi connectivity index (χ4v) is 2.33. The van der Waals surface area contributed by atoms with E-state index in [1.165, 1.54) is 11.3 Å². The lowest BCUT2D eigenvalue weighted by Crippen LogP contribution is -1.96. The molecular formula is C9H6ClNO2S. The van der Waals surface area contributed by atoms with Gasteiger partial charge in [-0.05, 0) is 18.2 Å². The minimum atomic E-state index is -0.831. The number of carboxylic acids is 1. The van der Waals surface area contributed by atoms with Crippen molar-refractivity contribution in [3.63, 3.8) is 0 Å². The Morgan fingerprint density at radius 2 is 2.36 bits per heavy atom. The monoisotopic (exact) mass is 227 g/mol. The largest absolute Gasteiger partial charge is 0.481 e. The van der Waals surface area contributed by atoms with Gasteiger partial charge in [0.25, 0.3) is 0 Å². The molecule has 0 saturated heterocycles. The summed E-state index contributed by atoms with van der Waals surface area (Å²) in [5, 5.41) is 9.03. The number of nitrogens with zero attached hydrogens (tertiary/aromatic N) is 1. The Hall–Kier alpha value is -1.13. The molecule has 0 atom stereocenters. The number of aromatic nitrogens is 1. The van der Waals surface area contributed by atoms with Crippen molar-refractivity contribution in [2.24, 2.45) is 0 Å². The van der Waals surface area contributed by atoms with Gasteiger partial charge in [0.15, 0.2) is 0 Å². The SMILES string of the molecule is O=C(O)Cc1cc2nc(Cl)ccc2s1. The van der Waals surface area contributed by atoms with Gasteiger partial charge in [0.1, 0.15) is 5.15 Å². The van der Waals surface area contributed by atoms with E-state index in [0.29, 0.717) is 5.15 Å². The number of fused-ring (bicyclic) bond motifs is 1. The van der Waals surface area contributed by atoms with E-state index in [0.717, 1.165) is 15.1 Å². The van der Waals surface area contributed by atoms with E-state index in [1.54, 1.807) is 12.1 Å². The standard InChI is InChI=1S/C9H6ClNO2S/c10-8-2-1-7-6(11-8)3-5(14-7)4-9(12)13/h1-3H,4H2,(H,12,13). The number of thiophene rings is 1. The highest BCUT2D eigenvalue weighted by Gasteiger charge is 2.06. The first-order valence-corrected chi connectivity index (χ1v) is 5.11. The Balaban J connectivity index is 2.46. The summed E-state index contributed by atoms with van der Waals surface area (Å²) in [5.41, 5.74) is 0.763. The zero-order chi connectivity index (χ0) is 10.1. The zero-order valence-corrected chi connectivity index (χ0v) is 8.60. The zero-order valence-electron chi connectivity index (χ0n) is 7.03. The van der Waals surface area contributed by atoms with Crippen molar-refractivity contribution in [3.8, 4) is 0 Å². The number of carbonyl (C=O) groups is 1. The third kappa shape index (κ3) is 1.86. The summed E-state index contributed by atoms with van der Waals surface area (Å²) in [5.74, 6) is -0.831. The first-order chi connectivity index (χ1) is 6.65. The van der Waals surface area contributed by atoms with Gasteiger partial charge in [-0.3, -0.25) is 4.79 Å². The van der Waals surface area contributed by atoms with E-state index in [9.17, 15) is 4.79 Å². The van der Waals surface area contributed by atoms with Crippen LogP contribution in [0.3, 0.4) is 0 Å². The fourth-order valence-electron chi connectivity index (χ4n) is 1.19. The molecule has 0 saturated carbocycles. The van der Waals surface area contributed by atoms with Crippen LogP contribution in [-0.2, 0) is 11.2 Å². The molecule has 2 aromatic heterocycles. The number of carboxylic acid groups (broad SMARTS) is 1. The molecule has 14 heavy (non-hydrogen) atoms. The minimum Gasteiger partial charge on any atom is -0.481 e. The Morgan fingerprint density at radius 3 is 3.07 bits per heavy atom. The normalized spacial score (nSPS) is 10.6. The average molecular weight is 228 g/mol. The van der Waals surface area contributed by atoms with E-state index in [-0.39, 0.29) is 6.42 Å². The van der Waals surface area contributed by atoms with Crippen molar-refractivity contribution in [1.29, 1.82) is 0 Å². The van der Waals surface area contributed by atoms with Gasteiger partial charge in [0, 0.05) is 4.88 Å². The molecule has 0 fully saturated rings. The van der Waals surface area contributed by atoms with Gasteiger partial charge in [0.2, 0.25) is 0 Å². The van der Waals surface area contributed by atoms with Crippen LogP contribution in [0.4, 0.5) is 0 Å². The van der Waals surface area contributed by atoms with Crippen LogP contribution in [0.25, 0.3) is 10.2 Å². The number of halogens is 1. The highest BCUT2D eigenvalue weighted by molar-refractivity contribution is 7.19. The van der Waals surface area contributed by atoms with Gasteiger partial charge < -0.3 is 5.11 Å². The molecule has 0 aliphatic heterocycles. The lowest BCUT2D eigenvalue weighted by atomic mass is 10.3. The van der Waals surface area contributed by atoms with Crippen molar-refractivity contribution in [2.45, 2.75) is 6.42 Å². The molecule has 1 N–H and O–H groups in total. The summed E-state index contributed by atoms with van der Waals surface area (Å²) >= 11 is 7.14. The highest BCUT2D eigenvalue weighted by atomic mass is 35.5. The predicted molar refractivity (Wildman–Crippen MR) is 56.0 cm³/mol. The first-order valence-electron chi connectivity index (χ1n) is 3.92. The van der Waals surface area contributed by atoms with Gasteiger partial charge in [-0.2, -0.15) is 0 Å². The molecule has 72 valence electrons. The molecule has 5 heteroatoms. The van der Waals surface area contributed by atoms with Crippen LogP contribution in [0.2, 0.25) is 5.15 Å². The topological polar surface area (TPSA) is 50.2 Å². The maximum atomic E-state index is 10.5. The molecule has 0 spiro atoms. The van der Waals surface area contributed by atoms with Crippen molar-refractivity contribution >= 4 is 39.1 Å². The molecule has 3 nitrogen and oxygen atoms in total. The number of pyridine rings is 1. The van der Waals surface area contributed by atoms with Crippen molar-refractivity contribution < 1.29 is 9.90 Å². The van der Waals surface area contributed by atoms with E-state index >= 15 is 0 Å². The Kier molecular flexibility index (Phi) is 2.39. The summed E-state index contributed by atoms with van der Waals surface area (Å²) in [6.07, 6.45) is 0.0403. The van der Waals surface area contributed by atoms with E-state index in [1.807, 2.05) is 6.07 Å². The molecule has 0 radical (unpaired) electrons. The number of rotatable bonds is 2. The minimum absolute atomic E-state index is 0.0403. The molecule has 0 amide bonds. The van der Waals surface area contributed by atoms with E-state index in [4.69, 9.17) is 16.7 Å². The molecular weight excluding hydrogens is 222 g/mol. The molecule has 0 aliphatic carbocycles. The van der Waals surface area contributed by atoms with Gasteiger partial charge in [-0.1, -0.05) is 11.6 Å². The summed E-state index contributed by atoms with van der Waals surface area (Å²) < 4.78 is 0.964. The molecule has 2 aromatic rings. The number of hydrogen-bond acceptors (Lipinski definition) is 3. The third-order valence-electron chi connectivity index (χ3n) is 1.72. The Morgan fingerprint density at radius 1 is 1.57 bits per heavy atom. The van der Waals surface area contributed by atoms with Crippen LogP contribution in [0.15, 0.2) is 18.2 Å². The number of hydrogen-bond donors (Lipinski definition) is 1. The van der Waals surface area contributed by atoms with Crippen molar-refractivity contribution in [1.82, 2.24) is 4.98 Å². The van der Waals surface area contributed by atoms with Crippen LogP contribution in [0.5, 0.6) is 0 Å². The van der Waals surface area contributed by atoms with Crippen LogP contribution < -0.4 is 0 Å². The second-order valence-electron chi connectivity index (χ2n) is 2.80. The molecule has 0 unspecified atom stereocenters. The smallest absolute Gasteiger partial charge is 0.308 e. The van der Waals surface area contributed by atoms with Gasteiger partial charge in [-0.25, -0.2) is 4.98 Å². The Bertz CT molecular complexity index is 495. The lowest BCUT2D eigenvalue weighted by Gasteiger charge is -1.87. The predicted octanol–water partition coefficient (Wildman–Crippen LogP) is 2.58. The maximum Gasteiger partial charge on any atom is 0.308 e. The molecule has 0 bridgehead atoms. The van der Waals surface area contributed by atoms with E-state index in [2.05, 4.69) is 4.98 Å². The average Bonchev–Trinajstić information content (AvgIpc) is 2.44. The van der Waals surface area contributed by atoms with Crippen LogP contribution in [0.1, 0.15) is 4.88 Å². The number of aliphatic carboxylic acids is 1. The summed E-state index contributed by atoms with van der Waals surface area (Å²) in [4.78, 5) is 15.4. The maximum absolute atomic E-state index is 10.5. The van der Waals surface area contributed by atoms with Crippen LogP contribution >= 0.6 is 22.9 Å². The third-order valence-corrected chi connectivity index (χ3v) is 3.02. The molecule has 2 rings (SSSR count). The second-order valence-corrected chi connectivity index (χ2v) is 4.36. The van der Waals surface area contributed by atoms with Crippen molar-refractivity contribution in [2.75, 3.05) is 0 Å². The molecule has 0 aromatic carbocycles. The van der Waals surface area contributed by atoms with Gasteiger partial charge in [-0.15, -0.1) is 11.3 Å². The lowest BCUT2D eigenvalue weighted by molar-refractivity contribution is -0.136. The van der Waals surface area contributed by atoms with Gasteiger partial charge in [0.05, 0.1) is 16.6 Å². The quantitative estimate of drug-likeness (QED) is 0.803. The van der Waals surface area contributed by atoms with Gasteiger partial charge >= 0.3 is 5.97 Å². The Labute approximate surface area is 89.0 Å². The highest BCUT2D eigenvalue weighted by Crippen LogP contribution is 2.25. The molecule has 0 aliphatic rings. The second kappa shape index (κ2) is 3.55. The summed E-state index contributed by atoms with van der Waals surface area (Å²) in [6.45, 7) is 0. The molecule has 2 heterocycles. The first kappa shape index (κ1) is 9.43. The van der Waals surface area contributed by atoms with E-state index < -0.39 is 5.97 Å². The van der Waals surface area contributed by atoms with Crippen molar-refractivity contribution in [3.05, 3.63) is 28.2 Å². The summed E-state index contributed by atoms with van der Waals surface area (Å²) in [7, 11) is 0.